The van der Waals surface area contributed by atoms with Crippen LogP contribution < -0.4 is 0 Å². The van der Waals surface area contributed by atoms with Gasteiger partial charge in [-0.2, -0.15) is 13.2 Å². The predicted molar refractivity (Wildman–Crippen MR) is 119 cm³/mol. The van der Waals surface area contributed by atoms with Crippen molar-refractivity contribution in [3.8, 4) is 0 Å². The van der Waals surface area contributed by atoms with Crippen LogP contribution >= 0.6 is 11.6 Å². The molecule has 0 aromatic heterocycles. The van der Waals surface area contributed by atoms with Crippen LogP contribution in [0.2, 0.25) is 5.02 Å². The summed E-state index contributed by atoms with van der Waals surface area (Å²) in [5.41, 5.74) is 0.987. The number of carbonyl (C=O) groups is 1. The molecule has 1 heterocycles. The summed E-state index contributed by atoms with van der Waals surface area (Å²) in [7, 11) is 0. The van der Waals surface area contributed by atoms with E-state index in [9.17, 15) is 18.0 Å². The molecule has 166 valence electrons. The number of hydrogen-bond acceptors (Lipinski definition) is 2. The van der Waals surface area contributed by atoms with Gasteiger partial charge < -0.3 is 4.90 Å². The molecule has 1 saturated heterocycles. The SMILES string of the molecule is O=C(c1ccccc1C(F)(F)F)N1CCN([C@@H](c2ccccc2)c2ccc(Cl)cc2)CC1. The molecule has 7 heteroatoms. The van der Waals surface area contributed by atoms with E-state index in [1.54, 1.807) is 0 Å². The zero-order chi connectivity index (χ0) is 22.7. The van der Waals surface area contributed by atoms with Gasteiger partial charge in [-0.25, -0.2) is 0 Å². The third-order valence-electron chi connectivity index (χ3n) is 5.73. The van der Waals surface area contributed by atoms with Gasteiger partial charge >= 0.3 is 6.18 Å². The molecule has 1 fully saturated rings. The number of benzene rings is 3. The first-order valence-electron chi connectivity index (χ1n) is 10.3. The van der Waals surface area contributed by atoms with E-state index in [0.29, 0.717) is 31.2 Å². The zero-order valence-corrected chi connectivity index (χ0v) is 18.0. The highest BCUT2D eigenvalue weighted by Crippen LogP contribution is 2.33. The standard InChI is InChI=1S/C25H22ClF3N2O/c26-20-12-10-19(11-13-20)23(18-6-2-1-3-7-18)30-14-16-31(17-15-30)24(32)21-8-4-5-9-22(21)25(27,28)29/h1-13,23H,14-17H2/t23-/m0/s1. The molecule has 0 unspecified atom stereocenters. The fourth-order valence-electron chi connectivity index (χ4n) is 4.16. The highest BCUT2D eigenvalue weighted by Gasteiger charge is 2.37. The quantitative estimate of drug-likeness (QED) is 0.485. The lowest BCUT2D eigenvalue weighted by Crippen LogP contribution is -2.50. The van der Waals surface area contributed by atoms with Crippen LogP contribution in [0.25, 0.3) is 0 Å². The molecule has 1 aliphatic heterocycles. The Labute approximate surface area is 190 Å². The van der Waals surface area contributed by atoms with Crippen molar-refractivity contribution in [3.05, 3.63) is 106 Å². The van der Waals surface area contributed by atoms with Crippen molar-refractivity contribution in [2.75, 3.05) is 26.2 Å². The summed E-state index contributed by atoms with van der Waals surface area (Å²) in [4.78, 5) is 16.7. The van der Waals surface area contributed by atoms with Crippen molar-refractivity contribution in [2.45, 2.75) is 12.2 Å². The second kappa shape index (κ2) is 9.35. The van der Waals surface area contributed by atoms with Crippen molar-refractivity contribution >= 4 is 17.5 Å². The van der Waals surface area contributed by atoms with Crippen LogP contribution in [0.5, 0.6) is 0 Å². The minimum absolute atomic E-state index is 0.0341. The number of nitrogens with zero attached hydrogens (tertiary/aromatic N) is 2. The van der Waals surface area contributed by atoms with Crippen molar-refractivity contribution < 1.29 is 18.0 Å². The number of piperazine rings is 1. The summed E-state index contributed by atoms with van der Waals surface area (Å²) in [6, 6.07) is 22.6. The van der Waals surface area contributed by atoms with E-state index in [0.717, 1.165) is 17.2 Å². The Balaban J connectivity index is 1.54. The zero-order valence-electron chi connectivity index (χ0n) is 17.2. The molecule has 3 nitrogen and oxygen atoms in total. The van der Waals surface area contributed by atoms with Crippen LogP contribution in [0.3, 0.4) is 0 Å². The summed E-state index contributed by atoms with van der Waals surface area (Å²) in [6.07, 6.45) is -4.57. The van der Waals surface area contributed by atoms with Crippen molar-refractivity contribution in [3.63, 3.8) is 0 Å². The maximum Gasteiger partial charge on any atom is 0.417 e. The molecule has 0 aliphatic carbocycles. The van der Waals surface area contributed by atoms with Crippen LogP contribution in [-0.2, 0) is 6.18 Å². The smallest absolute Gasteiger partial charge is 0.336 e. The Morgan fingerprint density at radius 2 is 1.34 bits per heavy atom. The monoisotopic (exact) mass is 458 g/mol. The summed E-state index contributed by atoms with van der Waals surface area (Å²) in [6.45, 7) is 1.79. The Morgan fingerprint density at radius 3 is 1.97 bits per heavy atom. The molecule has 0 spiro atoms. The van der Waals surface area contributed by atoms with Gasteiger partial charge in [-0.1, -0.05) is 66.2 Å². The number of rotatable bonds is 4. The Bertz CT molecular complexity index is 1060. The highest BCUT2D eigenvalue weighted by molar-refractivity contribution is 6.30. The second-order valence-corrected chi connectivity index (χ2v) is 8.17. The Morgan fingerprint density at radius 1 is 0.781 bits per heavy atom. The first kappa shape index (κ1) is 22.4. The average molecular weight is 459 g/mol. The van der Waals surface area contributed by atoms with E-state index in [1.165, 1.54) is 23.1 Å². The molecule has 3 aromatic carbocycles. The van der Waals surface area contributed by atoms with E-state index in [2.05, 4.69) is 17.0 Å². The van der Waals surface area contributed by atoms with Gasteiger partial charge in [0, 0.05) is 31.2 Å². The lowest BCUT2D eigenvalue weighted by Gasteiger charge is -2.40. The first-order valence-corrected chi connectivity index (χ1v) is 10.7. The fraction of sp³-hybridized carbons (Fsp3) is 0.240. The summed E-state index contributed by atoms with van der Waals surface area (Å²) >= 11 is 6.07. The normalized spacial score (nSPS) is 16.1. The largest absolute Gasteiger partial charge is 0.417 e. The Hall–Kier alpha value is -2.83. The molecule has 0 saturated carbocycles. The van der Waals surface area contributed by atoms with Crippen LogP contribution in [0.4, 0.5) is 13.2 Å². The number of hydrogen-bond donors (Lipinski definition) is 0. The Kier molecular flexibility index (Phi) is 6.53. The molecule has 0 bridgehead atoms. The summed E-state index contributed by atoms with van der Waals surface area (Å²) in [5.74, 6) is -0.583. The highest BCUT2D eigenvalue weighted by atomic mass is 35.5. The third kappa shape index (κ3) is 4.81. The van der Waals surface area contributed by atoms with E-state index in [4.69, 9.17) is 11.6 Å². The molecule has 1 amide bonds. The number of alkyl halides is 3. The number of halogens is 4. The first-order chi connectivity index (χ1) is 15.3. The number of carbonyl (C=O) groups excluding carboxylic acids is 1. The molecule has 3 aromatic rings. The van der Waals surface area contributed by atoms with Gasteiger partial charge in [-0.3, -0.25) is 9.69 Å². The number of amides is 1. The van der Waals surface area contributed by atoms with Crippen molar-refractivity contribution in [1.82, 2.24) is 9.80 Å². The van der Waals surface area contributed by atoms with Gasteiger partial charge in [0.05, 0.1) is 17.2 Å². The summed E-state index contributed by atoms with van der Waals surface area (Å²) in [5, 5.41) is 0.652. The summed E-state index contributed by atoms with van der Waals surface area (Å²) < 4.78 is 40.1. The lowest BCUT2D eigenvalue weighted by molar-refractivity contribution is -0.138. The van der Waals surface area contributed by atoms with Crippen LogP contribution in [0.15, 0.2) is 78.9 Å². The van der Waals surface area contributed by atoms with Crippen LogP contribution in [0.1, 0.15) is 33.1 Å². The van der Waals surface area contributed by atoms with Gasteiger partial charge in [0.1, 0.15) is 0 Å². The molecule has 1 aliphatic rings. The second-order valence-electron chi connectivity index (χ2n) is 7.74. The van der Waals surface area contributed by atoms with E-state index in [-0.39, 0.29) is 11.6 Å². The molecule has 0 N–H and O–H groups in total. The minimum atomic E-state index is -4.57. The van der Waals surface area contributed by atoms with E-state index >= 15 is 0 Å². The van der Waals surface area contributed by atoms with E-state index < -0.39 is 17.6 Å². The molecule has 0 radical (unpaired) electrons. The molecule has 1 atom stereocenters. The third-order valence-corrected chi connectivity index (χ3v) is 5.98. The predicted octanol–water partition coefficient (Wildman–Crippen LogP) is 5.91. The molecular formula is C25H22ClF3N2O. The van der Waals surface area contributed by atoms with Gasteiger partial charge in [0.15, 0.2) is 0 Å². The topological polar surface area (TPSA) is 23.6 Å². The molecular weight excluding hydrogens is 437 g/mol. The van der Waals surface area contributed by atoms with Crippen molar-refractivity contribution in [1.29, 1.82) is 0 Å². The van der Waals surface area contributed by atoms with Crippen molar-refractivity contribution in [2.24, 2.45) is 0 Å². The van der Waals surface area contributed by atoms with Crippen LogP contribution in [-0.4, -0.2) is 41.9 Å². The lowest BCUT2D eigenvalue weighted by atomic mass is 9.96. The molecule has 4 rings (SSSR count). The molecule has 32 heavy (non-hydrogen) atoms. The van der Waals surface area contributed by atoms with Crippen LogP contribution in [0, 0.1) is 0 Å². The van der Waals surface area contributed by atoms with Gasteiger partial charge in [-0.15, -0.1) is 0 Å². The maximum absolute atomic E-state index is 13.4. The van der Waals surface area contributed by atoms with Gasteiger partial charge in [0.2, 0.25) is 0 Å². The van der Waals surface area contributed by atoms with E-state index in [1.807, 2.05) is 42.5 Å². The average Bonchev–Trinajstić information content (AvgIpc) is 2.81. The minimum Gasteiger partial charge on any atom is -0.336 e. The fourth-order valence-corrected chi connectivity index (χ4v) is 4.29. The van der Waals surface area contributed by atoms with Gasteiger partial charge in [0.25, 0.3) is 5.91 Å². The maximum atomic E-state index is 13.4. The van der Waals surface area contributed by atoms with Gasteiger partial charge in [-0.05, 0) is 35.4 Å².